The van der Waals surface area contributed by atoms with E-state index in [0.717, 1.165) is 37.4 Å². The van der Waals surface area contributed by atoms with E-state index in [2.05, 4.69) is 10.4 Å². The molecular weight excluding hydrogens is 318 g/mol. The van der Waals surface area contributed by atoms with Gasteiger partial charge in [0.15, 0.2) is 0 Å². The number of nitrogens with zero attached hydrogens (tertiary/aromatic N) is 4. The molecule has 1 N–H and O–H groups in total. The molecule has 1 aliphatic heterocycles. The monoisotopic (exact) mass is 343 g/mol. The van der Waals surface area contributed by atoms with Gasteiger partial charge >= 0.3 is 5.69 Å². The molecule has 1 atom stereocenters. The molecule has 25 heavy (non-hydrogen) atoms. The molecule has 0 unspecified atom stereocenters. The number of likely N-dealkylation sites (N-methyl/N-ethyl adjacent to an activating group) is 1. The van der Waals surface area contributed by atoms with Crippen molar-refractivity contribution < 1.29 is 4.79 Å². The van der Waals surface area contributed by atoms with Crippen LogP contribution in [0.4, 0.5) is 0 Å². The molecule has 0 saturated carbocycles. The summed E-state index contributed by atoms with van der Waals surface area (Å²) in [6.07, 6.45) is 2.04. The minimum atomic E-state index is -0.260. The van der Waals surface area contributed by atoms with Crippen LogP contribution in [-0.4, -0.2) is 51.8 Å². The van der Waals surface area contributed by atoms with Gasteiger partial charge < -0.3 is 10.2 Å². The maximum absolute atomic E-state index is 13.0. The molecule has 3 rings (SSSR count). The van der Waals surface area contributed by atoms with E-state index in [1.165, 1.54) is 4.68 Å². The Morgan fingerprint density at radius 2 is 2.12 bits per heavy atom. The Balaban J connectivity index is 2.02. The zero-order chi connectivity index (χ0) is 17.8. The van der Waals surface area contributed by atoms with Gasteiger partial charge in [0, 0.05) is 26.1 Å². The number of rotatable bonds is 5. The number of piperidine rings is 1. The second-order valence-corrected chi connectivity index (χ2v) is 6.42. The van der Waals surface area contributed by atoms with Gasteiger partial charge in [0.05, 0.1) is 5.69 Å². The third kappa shape index (κ3) is 3.66. The van der Waals surface area contributed by atoms with E-state index >= 15 is 0 Å². The van der Waals surface area contributed by atoms with Crippen LogP contribution in [0.25, 0.3) is 5.69 Å². The van der Waals surface area contributed by atoms with Crippen LogP contribution in [0.15, 0.2) is 35.1 Å². The first kappa shape index (κ1) is 17.4. The number of carbonyl (C=O) groups is 1. The van der Waals surface area contributed by atoms with Crippen molar-refractivity contribution in [3.05, 3.63) is 46.6 Å². The highest BCUT2D eigenvalue weighted by Gasteiger charge is 2.25. The number of aromatic nitrogens is 3. The summed E-state index contributed by atoms with van der Waals surface area (Å²) in [5, 5.41) is 7.92. The predicted molar refractivity (Wildman–Crippen MR) is 96.0 cm³/mol. The Morgan fingerprint density at radius 1 is 1.36 bits per heavy atom. The topological polar surface area (TPSA) is 72.2 Å². The average Bonchev–Trinajstić information content (AvgIpc) is 2.98. The average molecular weight is 343 g/mol. The molecule has 1 fully saturated rings. The van der Waals surface area contributed by atoms with Crippen LogP contribution in [0.2, 0.25) is 0 Å². The third-order valence-electron chi connectivity index (χ3n) is 4.73. The van der Waals surface area contributed by atoms with Crippen LogP contribution < -0.4 is 11.0 Å². The fourth-order valence-electron chi connectivity index (χ4n) is 3.11. The number of carbonyl (C=O) groups excluding carboxylic acids is 1. The van der Waals surface area contributed by atoms with Gasteiger partial charge in [-0.05, 0) is 38.4 Å². The van der Waals surface area contributed by atoms with Crippen LogP contribution in [0, 0.1) is 0 Å². The summed E-state index contributed by atoms with van der Waals surface area (Å²) in [5.41, 5.74) is 0.528. The van der Waals surface area contributed by atoms with E-state index in [1.807, 2.05) is 37.3 Å². The summed E-state index contributed by atoms with van der Waals surface area (Å²) in [6, 6.07) is 9.51. The quantitative estimate of drug-likeness (QED) is 0.878. The SMILES string of the molecule is CCN(C)C(=O)Cn1nc([C@H]2CCCNC2)n(-c2ccccc2)c1=O. The minimum absolute atomic E-state index is 0.0316. The summed E-state index contributed by atoms with van der Waals surface area (Å²) >= 11 is 0. The smallest absolute Gasteiger partial charge is 0.344 e. The van der Waals surface area contributed by atoms with E-state index in [1.54, 1.807) is 16.5 Å². The van der Waals surface area contributed by atoms with Crippen LogP contribution in [0.3, 0.4) is 0 Å². The molecule has 1 aliphatic rings. The highest BCUT2D eigenvalue weighted by molar-refractivity contribution is 5.75. The van der Waals surface area contributed by atoms with Gasteiger partial charge in [-0.15, -0.1) is 0 Å². The van der Waals surface area contributed by atoms with Crippen molar-refractivity contribution in [2.75, 3.05) is 26.7 Å². The second-order valence-electron chi connectivity index (χ2n) is 6.42. The second kappa shape index (κ2) is 7.65. The Bertz CT molecular complexity index is 775. The van der Waals surface area contributed by atoms with Crippen molar-refractivity contribution in [3.8, 4) is 5.69 Å². The lowest BCUT2D eigenvalue weighted by Gasteiger charge is -2.22. The van der Waals surface area contributed by atoms with E-state index in [-0.39, 0.29) is 24.1 Å². The number of hydrogen-bond donors (Lipinski definition) is 1. The molecule has 2 heterocycles. The Labute approximate surface area is 147 Å². The van der Waals surface area contributed by atoms with Crippen LogP contribution in [0.5, 0.6) is 0 Å². The maximum atomic E-state index is 13.0. The number of para-hydroxylation sites is 1. The minimum Gasteiger partial charge on any atom is -0.344 e. The summed E-state index contributed by atoms with van der Waals surface area (Å²) in [4.78, 5) is 26.8. The fraction of sp³-hybridized carbons (Fsp3) is 0.500. The lowest BCUT2D eigenvalue weighted by molar-refractivity contribution is -0.130. The van der Waals surface area contributed by atoms with Crippen molar-refractivity contribution in [1.82, 2.24) is 24.6 Å². The van der Waals surface area contributed by atoms with Crippen LogP contribution in [-0.2, 0) is 11.3 Å². The van der Waals surface area contributed by atoms with Gasteiger partial charge in [-0.2, -0.15) is 5.10 Å². The predicted octanol–water partition coefficient (Wildman–Crippen LogP) is 0.979. The summed E-state index contributed by atoms with van der Waals surface area (Å²) < 4.78 is 2.95. The molecule has 1 aromatic heterocycles. The van der Waals surface area contributed by atoms with Crippen LogP contribution in [0.1, 0.15) is 31.5 Å². The molecule has 1 saturated heterocycles. The zero-order valence-corrected chi connectivity index (χ0v) is 14.8. The zero-order valence-electron chi connectivity index (χ0n) is 14.8. The molecule has 7 heteroatoms. The highest BCUT2D eigenvalue weighted by atomic mass is 16.2. The molecule has 0 radical (unpaired) electrons. The van der Waals surface area contributed by atoms with Crippen molar-refractivity contribution in [3.63, 3.8) is 0 Å². The molecule has 1 amide bonds. The van der Waals surface area contributed by atoms with E-state index < -0.39 is 0 Å². The Hall–Kier alpha value is -2.41. The largest absolute Gasteiger partial charge is 0.351 e. The number of nitrogens with one attached hydrogen (secondary N) is 1. The van der Waals surface area contributed by atoms with Crippen molar-refractivity contribution in [2.24, 2.45) is 0 Å². The summed E-state index contributed by atoms with van der Waals surface area (Å²) in [7, 11) is 1.73. The molecule has 1 aromatic carbocycles. The van der Waals surface area contributed by atoms with Gasteiger partial charge in [0.25, 0.3) is 0 Å². The Kier molecular flexibility index (Phi) is 5.33. The molecule has 7 nitrogen and oxygen atoms in total. The summed E-state index contributed by atoms with van der Waals surface area (Å²) in [6.45, 7) is 4.27. The normalized spacial score (nSPS) is 17.4. The standard InChI is InChI=1S/C18H25N5O2/c1-3-21(2)16(24)13-22-18(25)23(15-9-5-4-6-10-15)17(20-22)14-8-7-11-19-12-14/h4-6,9-10,14,19H,3,7-8,11-13H2,1-2H3/t14-/m0/s1. The first-order chi connectivity index (χ1) is 12.1. The Morgan fingerprint density at radius 3 is 2.76 bits per heavy atom. The molecule has 134 valence electrons. The molecular formula is C18H25N5O2. The molecule has 0 aliphatic carbocycles. The van der Waals surface area contributed by atoms with Crippen LogP contribution >= 0.6 is 0 Å². The highest BCUT2D eigenvalue weighted by Crippen LogP contribution is 2.22. The lowest BCUT2D eigenvalue weighted by Crippen LogP contribution is -2.34. The maximum Gasteiger partial charge on any atom is 0.351 e. The molecule has 0 bridgehead atoms. The molecule has 2 aromatic rings. The summed E-state index contributed by atoms with van der Waals surface area (Å²) in [5.74, 6) is 0.785. The first-order valence-corrected chi connectivity index (χ1v) is 8.81. The van der Waals surface area contributed by atoms with Crippen molar-refractivity contribution in [1.29, 1.82) is 0 Å². The lowest BCUT2D eigenvalue weighted by atomic mass is 9.99. The third-order valence-corrected chi connectivity index (χ3v) is 4.73. The molecule has 0 spiro atoms. The number of benzene rings is 1. The van der Waals surface area contributed by atoms with E-state index in [0.29, 0.717) is 6.54 Å². The van der Waals surface area contributed by atoms with Crippen molar-refractivity contribution in [2.45, 2.75) is 32.2 Å². The van der Waals surface area contributed by atoms with Gasteiger partial charge in [0.1, 0.15) is 12.4 Å². The van der Waals surface area contributed by atoms with E-state index in [4.69, 9.17) is 0 Å². The fourth-order valence-corrected chi connectivity index (χ4v) is 3.11. The van der Waals surface area contributed by atoms with Gasteiger partial charge in [-0.25, -0.2) is 14.0 Å². The number of hydrogen-bond acceptors (Lipinski definition) is 4. The van der Waals surface area contributed by atoms with Gasteiger partial charge in [-0.3, -0.25) is 4.79 Å². The van der Waals surface area contributed by atoms with Gasteiger partial charge in [-0.1, -0.05) is 18.2 Å². The van der Waals surface area contributed by atoms with Crippen molar-refractivity contribution >= 4 is 5.91 Å². The van der Waals surface area contributed by atoms with Gasteiger partial charge in [0.2, 0.25) is 5.91 Å². The number of amides is 1. The first-order valence-electron chi connectivity index (χ1n) is 8.81. The van der Waals surface area contributed by atoms with E-state index in [9.17, 15) is 9.59 Å².